The van der Waals surface area contributed by atoms with E-state index >= 15 is 0 Å². The van der Waals surface area contributed by atoms with E-state index in [9.17, 15) is 9.90 Å². The van der Waals surface area contributed by atoms with Gasteiger partial charge in [-0.25, -0.2) is 4.79 Å². The zero-order valence-corrected chi connectivity index (χ0v) is 13.7. The molecule has 4 heteroatoms. The maximum atomic E-state index is 11.6. The highest BCUT2D eigenvalue weighted by atomic mass is 16.4. The molecule has 0 saturated heterocycles. The van der Waals surface area contributed by atoms with Gasteiger partial charge in [-0.15, -0.1) is 0 Å². The number of aromatic nitrogens is 1. The van der Waals surface area contributed by atoms with Gasteiger partial charge in [0.2, 0.25) is 0 Å². The molecule has 1 aliphatic carbocycles. The number of carbonyl (C=O) groups is 1. The zero-order valence-electron chi connectivity index (χ0n) is 13.7. The van der Waals surface area contributed by atoms with Gasteiger partial charge in [0.15, 0.2) is 0 Å². The molecule has 1 N–H and O–H groups in total. The molecular formula is C17H26N2O2. The zero-order chi connectivity index (χ0) is 15.8. The number of anilines is 1. The third kappa shape index (κ3) is 3.36. The van der Waals surface area contributed by atoms with E-state index in [1.54, 1.807) is 6.92 Å². The van der Waals surface area contributed by atoms with Crippen LogP contribution in [0.15, 0.2) is 6.07 Å². The molecule has 1 heterocycles. The quantitative estimate of drug-likeness (QED) is 0.920. The minimum atomic E-state index is -0.891. The second-order valence-corrected chi connectivity index (χ2v) is 7.05. The van der Waals surface area contributed by atoms with Crippen LogP contribution in [0.1, 0.15) is 61.3 Å². The average Bonchev–Trinajstić information content (AvgIpc) is 2.36. The van der Waals surface area contributed by atoms with Crippen LogP contribution in [0.25, 0.3) is 0 Å². The molecule has 0 aliphatic heterocycles. The Kier molecular flexibility index (Phi) is 4.26. The summed E-state index contributed by atoms with van der Waals surface area (Å²) in [7, 11) is 2.02. The first-order valence-corrected chi connectivity index (χ1v) is 7.65. The predicted octanol–water partition coefficient (Wildman–Crippen LogP) is 3.80. The number of nitrogens with zero attached hydrogens (tertiary/aromatic N) is 2. The summed E-state index contributed by atoms with van der Waals surface area (Å²) in [5.74, 6) is -0.891. The van der Waals surface area contributed by atoms with Gasteiger partial charge in [-0.2, -0.15) is 0 Å². The fourth-order valence-electron chi connectivity index (χ4n) is 3.32. The highest BCUT2D eigenvalue weighted by Crippen LogP contribution is 2.38. The van der Waals surface area contributed by atoms with Gasteiger partial charge in [-0.3, -0.25) is 4.98 Å². The van der Waals surface area contributed by atoms with Crippen LogP contribution in [0, 0.1) is 19.3 Å². The van der Waals surface area contributed by atoms with Gasteiger partial charge in [-0.05, 0) is 51.0 Å². The van der Waals surface area contributed by atoms with E-state index in [4.69, 9.17) is 0 Å². The van der Waals surface area contributed by atoms with Crippen molar-refractivity contribution in [2.45, 2.75) is 59.4 Å². The fraction of sp³-hybridized carbons (Fsp3) is 0.647. The Balaban J connectivity index is 2.31. The number of pyridine rings is 1. The number of hydrogen-bond acceptors (Lipinski definition) is 3. The van der Waals surface area contributed by atoms with E-state index in [2.05, 4.69) is 23.7 Å². The molecule has 1 fully saturated rings. The van der Waals surface area contributed by atoms with Crippen molar-refractivity contribution < 1.29 is 9.90 Å². The number of rotatable bonds is 3. The Morgan fingerprint density at radius 3 is 2.43 bits per heavy atom. The molecule has 4 nitrogen and oxygen atoms in total. The summed E-state index contributed by atoms with van der Waals surface area (Å²) in [5, 5.41) is 9.50. The summed E-state index contributed by atoms with van der Waals surface area (Å²) >= 11 is 0. The van der Waals surface area contributed by atoms with Crippen molar-refractivity contribution in [1.29, 1.82) is 0 Å². The molecule has 0 spiro atoms. The van der Waals surface area contributed by atoms with E-state index in [-0.39, 0.29) is 0 Å². The van der Waals surface area contributed by atoms with Crippen molar-refractivity contribution in [3.63, 3.8) is 0 Å². The van der Waals surface area contributed by atoms with Gasteiger partial charge < -0.3 is 10.0 Å². The van der Waals surface area contributed by atoms with E-state index in [1.165, 1.54) is 12.8 Å². The van der Waals surface area contributed by atoms with E-state index in [0.29, 0.717) is 22.7 Å². The Hall–Kier alpha value is -1.58. The van der Waals surface area contributed by atoms with Gasteiger partial charge in [0.1, 0.15) is 5.56 Å². The normalized spacial score (nSPS) is 18.5. The summed E-state index contributed by atoms with van der Waals surface area (Å²) in [6.45, 7) is 8.32. The third-order valence-electron chi connectivity index (χ3n) is 4.76. The van der Waals surface area contributed by atoms with E-state index in [0.717, 1.165) is 24.2 Å². The monoisotopic (exact) mass is 290 g/mol. The maximum absolute atomic E-state index is 11.6. The van der Waals surface area contributed by atoms with Crippen LogP contribution in [-0.4, -0.2) is 29.1 Å². The van der Waals surface area contributed by atoms with Gasteiger partial charge in [0.05, 0.1) is 11.4 Å². The maximum Gasteiger partial charge on any atom is 0.339 e. The van der Waals surface area contributed by atoms with Crippen molar-refractivity contribution >= 4 is 11.7 Å². The lowest BCUT2D eigenvalue weighted by atomic mass is 9.75. The Morgan fingerprint density at radius 2 is 1.90 bits per heavy atom. The second kappa shape index (κ2) is 5.66. The average molecular weight is 290 g/mol. The SMILES string of the molecule is Cc1cc(N(C)C2CCC(C)(C)CC2)c(C(=O)O)c(C)n1. The molecule has 1 aromatic heterocycles. The van der Waals surface area contributed by atoms with Gasteiger partial charge in [0.25, 0.3) is 0 Å². The van der Waals surface area contributed by atoms with Crippen LogP contribution >= 0.6 is 0 Å². The van der Waals surface area contributed by atoms with E-state index < -0.39 is 5.97 Å². The molecule has 2 rings (SSSR count). The fourth-order valence-corrected chi connectivity index (χ4v) is 3.32. The molecule has 0 amide bonds. The molecule has 1 aromatic rings. The number of carboxylic acids is 1. The van der Waals surface area contributed by atoms with Crippen LogP contribution in [0.2, 0.25) is 0 Å². The standard InChI is InChI=1S/C17H26N2O2/c1-11-10-14(15(16(20)21)12(2)18-11)19(5)13-6-8-17(3,4)9-7-13/h10,13H,6-9H2,1-5H3,(H,20,21). The number of aryl methyl sites for hydroxylation is 2. The van der Waals surface area contributed by atoms with Crippen molar-refractivity contribution in [2.75, 3.05) is 11.9 Å². The van der Waals surface area contributed by atoms with Crippen LogP contribution in [-0.2, 0) is 0 Å². The Morgan fingerprint density at radius 1 is 1.33 bits per heavy atom. The topological polar surface area (TPSA) is 53.4 Å². The number of aromatic carboxylic acids is 1. The highest BCUT2D eigenvalue weighted by Gasteiger charge is 2.30. The van der Waals surface area contributed by atoms with Crippen molar-refractivity contribution in [3.05, 3.63) is 23.0 Å². The van der Waals surface area contributed by atoms with Crippen molar-refractivity contribution in [1.82, 2.24) is 4.98 Å². The molecule has 0 radical (unpaired) electrons. The molecule has 1 saturated carbocycles. The van der Waals surface area contributed by atoms with Crippen LogP contribution in [0.4, 0.5) is 5.69 Å². The van der Waals surface area contributed by atoms with E-state index in [1.807, 2.05) is 20.0 Å². The third-order valence-corrected chi connectivity index (χ3v) is 4.76. The van der Waals surface area contributed by atoms with Crippen LogP contribution in [0.5, 0.6) is 0 Å². The first kappa shape index (κ1) is 15.8. The summed E-state index contributed by atoms with van der Waals surface area (Å²) < 4.78 is 0. The van der Waals surface area contributed by atoms with Crippen molar-refractivity contribution in [3.8, 4) is 0 Å². The molecule has 1 aliphatic rings. The smallest absolute Gasteiger partial charge is 0.339 e. The minimum Gasteiger partial charge on any atom is -0.478 e. The molecule has 0 bridgehead atoms. The Labute approximate surface area is 127 Å². The Bertz CT molecular complexity index is 542. The highest BCUT2D eigenvalue weighted by molar-refractivity contribution is 5.95. The first-order valence-electron chi connectivity index (χ1n) is 7.65. The van der Waals surface area contributed by atoms with Gasteiger partial charge in [0, 0.05) is 18.8 Å². The largest absolute Gasteiger partial charge is 0.478 e. The lowest BCUT2D eigenvalue weighted by molar-refractivity contribution is 0.0696. The van der Waals surface area contributed by atoms with Gasteiger partial charge in [-0.1, -0.05) is 13.8 Å². The molecule has 0 atom stereocenters. The van der Waals surface area contributed by atoms with Crippen LogP contribution < -0.4 is 4.90 Å². The summed E-state index contributed by atoms with van der Waals surface area (Å²) in [6, 6.07) is 2.31. The molecule has 21 heavy (non-hydrogen) atoms. The lowest BCUT2D eigenvalue weighted by Crippen LogP contribution is -2.38. The molecule has 116 valence electrons. The summed E-state index contributed by atoms with van der Waals surface area (Å²) in [4.78, 5) is 18.0. The minimum absolute atomic E-state index is 0.341. The van der Waals surface area contributed by atoms with Crippen molar-refractivity contribution in [2.24, 2.45) is 5.41 Å². The van der Waals surface area contributed by atoms with Crippen LogP contribution in [0.3, 0.4) is 0 Å². The molecular weight excluding hydrogens is 264 g/mol. The lowest BCUT2D eigenvalue weighted by Gasteiger charge is -2.40. The first-order chi connectivity index (χ1) is 9.71. The summed E-state index contributed by atoms with van der Waals surface area (Å²) in [6.07, 6.45) is 4.60. The van der Waals surface area contributed by atoms with Gasteiger partial charge >= 0.3 is 5.97 Å². The second-order valence-electron chi connectivity index (χ2n) is 7.05. The number of hydrogen-bond donors (Lipinski definition) is 1. The molecule has 0 aromatic carbocycles. The molecule has 0 unspecified atom stereocenters. The number of carboxylic acid groups (broad SMARTS) is 1. The predicted molar refractivity (Wildman–Crippen MR) is 85.1 cm³/mol. The summed E-state index contributed by atoms with van der Waals surface area (Å²) in [5.41, 5.74) is 3.03.